The number of amides is 1. The predicted molar refractivity (Wildman–Crippen MR) is 113 cm³/mol. The topological polar surface area (TPSA) is 77.5 Å². The molecule has 0 aliphatic carbocycles. The van der Waals surface area contributed by atoms with Crippen LogP contribution in [0.15, 0.2) is 42.5 Å². The highest BCUT2D eigenvalue weighted by Crippen LogP contribution is 2.24. The Balaban J connectivity index is 1.68. The molecule has 1 heterocycles. The van der Waals surface area contributed by atoms with Gasteiger partial charge in [-0.2, -0.15) is 0 Å². The molecule has 8 heteroatoms. The Hall–Kier alpha value is -2.90. The summed E-state index contributed by atoms with van der Waals surface area (Å²) in [5.74, 6) is -0.0760. The molecule has 150 valence electrons. The second-order valence-corrected chi connectivity index (χ2v) is 7.74. The van der Waals surface area contributed by atoms with Crippen LogP contribution in [0, 0.1) is 13.8 Å². The summed E-state index contributed by atoms with van der Waals surface area (Å²) in [6.07, 6.45) is 0. The minimum atomic E-state index is -0.466. The molecule has 0 bridgehead atoms. The summed E-state index contributed by atoms with van der Waals surface area (Å²) in [7, 11) is 1.31. The smallest absolute Gasteiger partial charge is 0.337 e. The lowest BCUT2D eigenvalue weighted by Crippen LogP contribution is -2.12. The van der Waals surface area contributed by atoms with Gasteiger partial charge in [-0.25, -0.2) is 9.78 Å². The van der Waals surface area contributed by atoms with Crippen molar-refractivity contribution in [2.24, 2.45) is 0 Å². The zero-order valence-electron chi connectivity index (χ0n) is 16.1. The van der Waals surface area contributed by atoms with Gasteiger partial charge in [-0.1, -0.05) is 17.7 Å². The number of nitrogens with zero attached hydrogens (tertiary/aromatic N) is 1. The number of halogens is 1. The first-order valence-corrected chi connectivity index (χ1v) is 9.92. The summed E-state index contributed by atoms with van der Waals surface area (Å²) >= 11 is 7.29. The number of aryl methyl sites for hydroxylation is 2. The molecule has 6 nitrogen and oxygen atoms in total. The van der Waals surface area contributed by atoms with Crippen molar-refractivity contribution in [2.75, 3.05) is 12.4 Å². The first kappa shape index (κ1) is 20.8. The number of benzene rings is 2. The van der Waals surface area contributed by atoms with E-state index in [-0.39, 0.29) is 12.5 Å². The van der Waals surface area contributed by atoms with Crippen molar-refractivity contribution in [1.82, 2.24) is 4.98 Å². The summed E-state index contributed by atoms with van der Waals surface area (Å²) in [5.41, 5.74) is 2.40. The van der Waals surface area contributed by atoms with Crippen LogP contribution in [0.3, 0.4) is 0 Å². The van der Waals surface area contributed by atoms with Gasteiger partial charge in [-0.3, -0.25) is 4.79 Å². The van der Waals surface area contributed by atoms with Crippen LogP contribution < -0.4 is 10.1 Å². The van der Waals surface area contributed by atoms with Gasteiger partial charge in [0.2, 0.25) is 0 Å². The first-order chi connectivity index (χ1) is 13.9. The van der Waals surface area contributed by atoms with Crippen LogP contribution >= 0.6 is 22.9 Å². The predicted octanol–water partition coefficient (Wildman–Crippen LogP) is 5.03. The second kappa shape index (κ2) is 9.07. The molecular formula is C21H19ClN2O4S. The van der Waals surface area contributed by atoms with E-state index in [9.17, 15) is 9.59 Å². The summed E-state index contributed by atoms with van der Waals surface area (Å²) in [4.78, 5) is 29.2. The maximum Gasteiger partial charge on any atom is 0.337 e. The summed E-state index contributed by atoms with van der Waals surface area (Å²) in [6, 6.07) is 12.0. The van der Waals surface area contributed by atoms with Crippen molar-refractivity contribution < 1.29 is 19.1 Å². The molecule has 1 amide bonds. The normalized spacial score (nSPS) is 10.5. The molecular weight excluding hydrogens is 412 g/mol. The number of nitrogens with one attached hydrogen (secondary N) is 1. The summed E-state index contributed by atoms with van der Waals surface area (Å²) in [6.45, 7) is 3.92. The Kier molecular flexibility index (Phi) is 6.51. The van der Waals surface area contributed by atoms with Crippen LogP contribution in [0.4, 0.5) is 5.69 Å². The number of carbonyl (C=O) groups excluding carboxylic acids is 2. The van der Waals surface area contributed by atoms with E-state index in [0.29, 0.717) is 37.6 Å². The number of esters is 1. The van der Waals surface area contributed by atoms with Gasteiger partial charge in [0.15, 0.2) is 0 Å². The fourth-order valence-corrected chi connectivity index (χ4v) is 3.60. The quantitative estimate of drug-likeness (QED) is 0.555. The lowest BCUT2D eigenvalue weighted by molar-refractivity contribution is 0.0600. The van der Waals surface area contributed by atoms with E-state index in [2.05, 4.69) is 10.3 Å². The third-order valence-electron chi connectivity index (χ3n) is 4.08. The molecule has 0 fully saturated rings. The van der Waals surface area contributed by atoms with E-state index in [1.807, 2.05) is 13.0 Å². The number of methoxy groups -OCH3 is 1. The molecule has 0 unspecified atom stereocenters. The molecule has 3 rings (SSSR count). The SMILES string of the molecule is COC(=O)c1cccc(NC(=O)c2sc(COc3ccc(Cl)c(C)c3)nc2C)c1. The monoisotopic (exact) mass is 430 g/mol. The van der Waals surface area contributed by atoms with Crippen molar-refractivity contribution in [3.63, 3.8) is 0 Å². The second-order valence-electron chi connectivity index (χ2n) is 6.25. The molecule has 29 heavy (non-hydrogen) atoms. The van der Waals surface area contributed by atoms with Crippen molar-refractivity contribution >= 4 is 40.5 Å². The number of thiazole rings is 1. The highest BCUT2D eigenvalue weighted by Gasteiger charge is 2.17. The van der Waals surface area contributed by atoms with Gasteiger partial charge in [0.25, 0.3) is 5.91 Å². The highest BCUT2D eigenvalue weighted by atomic mass is 35.5. The largest absolute Gasteiger partial charge is 0.486 e. The molecule has 2 aromatic carbocycles. The summed E-state index contributed by atoms with van der Waals surface area (Å²) in [5, 5.41) is 4.15. The molecule has 3 aromatic rings. The zero-order valence-corrected chi connectivity index (χ0v) is 17.7. The Morgan fingerprint density at radius 2 is 1.97 bits per heavy atom. The van der Waals surface area contributed by atoms with Gasteiger partial charge < -0.3 is 14.8 Å². The number of ether oxygens (including phenoxy) is 2. The average Bonchev–Trinajstić information content (AvgIpc) is 3.09. The maximum atomic E-state index is 12.6. The van der Waals surface area contributed by atoms with Crippen LogP contribution in [0.2, 0.25) is 5.02 Å². The third kappa shape index (κ3) is 5.13. The van der Waals surface area contributed by atoms with E-state index in [1.54, 1.807) is 43.3 Å². The zero-order chi connectivity index (χ0) is 21.0. The fraction of sp³-hybridized carbons (Fsp3) is 0.190. The van der Waals surface area contributed by atoms with E-state index in [4.69, 9.17) is 21.1 Å². The van der Waals surface area contributed by atoms with Gasteiger partial charge in [-0.15, -0.1) is 11.3 Å². The van der Waals surface area contributed by atoms with Crippen LogP contribution in [0.25, 0.3) is 0 Å². The Morgan fingerprint density at radius 1 is 1.17 bits per heavy atom. The minimum absolute atomic E-state index is 0.248. The van der Waals surface area contributed by atoms with E-state index in [1.165, 1.54) is 18.4 Å². The lowest BCUT2D eigenvalue weighted by atomic mass is 10.2. The molecule has 0 saturated carbocycles. The fourth-order valence-electron chi connectivity index (χ4n) is 2.61. The maximum absolute atomic E-state index is 12.6. The van der Waals surface area contributed by atoms with Crippen molar-refractivity contribution in [1.29, 1.82) is 0 Å². The van der Waals surface area contributed by atoms with Gasteiger partial charge in [-0.05, 0) is 55.8 Å². The van der Waals surface area contributed by atoms with Crippen LogP contribution in [0.5, 0.6) is 5.75 Å². The molecule has 0 aliphatic rings. The molecule has 0 aliphatic heterocycles. The molecule has 0 saturated heterocycles. The van der Waals surface area contributed by atoms with Gasteiger partial charge >= 0.3 is 5.97 Å². The van der Waals surface area contributed by atoms with Crippen molar-refractivity contribution in [3.8, 4) is 5.75 Å². The number of rotatable bonds is 6. The van der Waals surface area contributed by atoms with Gasteiger partial charge in [0, 0.05) is 10.7 Å². The molecule has 1 N–H and O–H groups in total. The number of carbonyl (C=O) groups is 2. The van der Waals surface area contributed by atoms with Gasteiger partial charge in [0.05, 0.1) is 18.4 Å². The average molecular weight is 431 g/mol. The number of anilines is 1. The number of hydrogen-bond acceptors (Lipinski definition) is 6. The minimum Gasteiger partial charge on any atom is -0.486 e. The Morgan fingerprint density at radius 3 is 2.69 bits per heavy atom. The molecule has 0 radical (unpaired) electrons. The third-order valence-corrected chi connectivity index (χ3v) is 5.63. The molecule has 0 atom stereocenters. The van der Waals surface area contributed by atoms with E-state index >= 15 is 0 Å². The van der Waals surface area contributed by atoms with Gasteiger partial charge in [0.1, 0.15) is 22.2 Å². The standard InChI is InChI=1S/C21H19ClN2O4S/c1-12-9-16(7-8-17(12)22)28-11-18-23-13(2)19(29-18)20(25)24-15-6-4-5-14(10-15)21(26)27-3/h4-10H,11H2,1-3H3,(H,24,25). The van der Waals surface area contributed by atoms with E-state index in [0.717, 1.165) is 5.56 Å². The Bertz CT molecular complexity index is 1060. The lowest BCUT2D eigenvalue weighted by Gasteiger charge is -2.06. The number of aromatic nitrogens is 1. The van der Waals surface area contributed by atoms with Crippen LogP contribution in [-0.4, -0.2) is 24.0 Å². The summed E-state index contributed by atoms with van der Waals surface area (Å²) < 4.78 is 10.5. The Labute approximate surface area is 177 Å². The van der Waals surface area contributed by atoms with Crippen molar-refractivity contribution in [2.45, 2.75) is 20.5 Å². The van der Waals surface area contributed by atoms with E-state index < -0.39 is 5.97 Å². The molecule has 0 spiro atoms. The number of hydrogen-bond donors (Lipinski definition) is 1. The van der Waals surface area contributed by atoms with Crippen molar-refractivity contribution in [3.05, 3.63) is 74.2 Å². The highest BCUT2D eigenvalue weighted by molar-refractivity contribution is 7.13. The van der Waals surface area contributed by atoms with Crippen LogP contribution in [0.1, 0.15) is 36.3 Å². The molecule has 1 aromatic heterocycles. The van der Waals surface area contributed by atoms with Crippen LogP contribution in [-0.2, 0) is 11.3 Å². The first-order valence-electron chi connectivity index (χ1n) is 8.72.